The first-order valence-electron chi connectivity index (χ1n) is 7.79. The molecule has 98 valence electrons. The van der Waals surface area contributed by atoms with E-state index in [1.165, 1.54) is 32.1 Å². The largest absolute Gasteiger partial charge is 0.198 e. The zero-order valence-electron chi connectivity index (χ0n) is 11.4. The molecule has 0 heterocycles. The van der Waals surface area contributed by atoms with Crippen molar-refractivity contribution in [1.82, 2.24) is 0 Å². The normalized spacial score (nSPS) is 39.2. The predicted octanol–water partition coefficient (Wildman–Crippen LogP) is 4.29. The van der Waals surface area contributed by atoms with Gasteiger partial charge in [0.15, 0.2) is 0 Å². The molecule has 0 radical (unpaired) electrons. The molecule has 0 aliphatic heterocycles. The summed E-state index contributed by atoms with van der Waals surface area (Å²) in [5.74, 6) is 4.84. The van der Waals surface area contributed by atoms with Crippen molar-refractivity contribution in [3.05, 3.63) is 35.4 Å². The zero-order chi connectivity index (χ0) is 12.8. The fourth-order valence-corrected chi connectivity index (χ4v) is 5.42. The van der Waals surface area contributed by atoms with E-state index in [1.807, 2.05) is 0 Å². The highest BCUT2D eigenvalue weighted by Gasteiger charge is 2.48. The molecule has 1 nitrogen and oxygen atoms in total. The Balaban J connectivity index is 1.60. The first kappa shape index (κ1) is 11.5. The van der Waals surface area contributed by atoms with Gasteiger partial charge in [-0.1, -0.05) is 24.3 Å². The molecule has 4 aliphatic carbocycles. The summed E-state index contributed by atoms with van der Waals surface area (Å²) in [4.78, 5) is 0. The van der Waals surface area contributed by atoms with Crippen molar-refractivity contribution >= 4 is 0 Å². The van der Waals surface area contributed by atoms with Crippen LogP contribution < -0.4 is 0 Å². The van der Waals surface area contributed by atoms with Gasteiger partial charge >= 0.3 is 0 Å². The van der Waals surface area contributed by atoms with Crippen molar-refractivity contribution in [2.45, 2.75) is 44.4 Å². The van der Waals surface area contributed by atoms with Crippen LogP contribution in [0.2, 0.25) is 0 Å². The van der Waals surface area contributed by atoms with Gasteiger partial charge in [0, 0.05) is 0 Å². The van der Waals surface area contributed by atoms with Gasteiger partial charge in [0.2, 0.25) is 0 Å². The second-order valence-electron chi connectivity index (χ2n) is 7.03. The van der Waals surface area contributed by atoms with E-state index in [9.17, 15) is 0 Å². The van der Waals surface area contributed by atoms with Gasteiger partial charge in [-0.25, -0.2) is 0 Å². The van der Waals surface area contributed by atoms with Crippen molar-refractivity contribution in [2.75, 3.05) is 0 Å². The van der Waals surface area contributed by atoms with Gasteiger partial charge in [-0.15, -0.1) is 0 Å². The van der Waals surface area contributed by atoms with Crippen LogP contribution in [0, 0.1) is 35.0 Å². The molecule has 0 amide bonds. The second kappa shape index (κ2) is 4.37. The molecule has 4 bridgehead atoms. The third-order valence-electron chi connectivity index (χ3n) is 5.87. The second-order valence-corrected chi connectivity index (χ2v) is 7.03. The Labute approximate surface area is 115 Å². The van der Waals surface area contributed by atoms with Crippen LogP contribution in [-0.2, 0) is 6.42 Å². The lowest BCUT2D eigenvalue weighted by Crippen LogP contribution is -2.43. The maximum absolute atomic E-state index is 8.75. The number of benzene rings is 1. The van der Waals surface area contributed by atoms with E-state index in [4.69, 9.17) is 5.26 Å². The van der Waals surface area contributed by atoms with Gasteiger partial charge in [0.05, 0.1) is 12.5 Å². The topological polar surface area (TPSA) is 23.8 Å². The van der Waals surface area contributed by atoms with Crippen LogP contribution in [0.15, 0.2) is 24.3 Å². The van der Waals surface area contributed by atoms with Crippen molar-refractivity contribution in [3.63, 3.8) is 0 Å². The Morgan fingerprint density at radius 2 is 1.47 bits per heavy atom. The molecule has 0 aromatic heterocycles. The van der Waals surface area contributed by atoms with E-state index in [2.05, 4.69) is 30.3 Å². The Bertz CT molecular complexity index is 479. The van der Waals surface area contributed by atoms with Gasteiger partial charge in [-0.2, -0.15) is 5.26 Å². The molecule has 19 heavy (non-hydrogen) atoms. The third-order valence-corrected chi connectivity index (χ3v) is 5.87. The Hall–Kier alpha value is -1.29. The average molecular weight is 251 g/mol. The lowest BCUT2D eigenvalue weighted by molar-refractivity contribution is -0.00278. The SMILES string of the molecule is N#CCc1ccc(C2C3CC4CC(C3)CC2C4)cc1. The Morgan fingerprint density at radius 1 is 0.895 bits per heavy atom. The lowest BCUT2D eigenvalue weighted by Gasteiger charge is -2.54. The maximum Gasteiger partial charge on any atom is 0.0669 e. The smallest absolute Gasteiger partial charge is 0.0669 e. The zero-order valence-corrected chi connectivity index (χ0v) is 11.4. The van der Waals surface area contributed by atoms with Crippen molar-refractivity contribution < 1.29 is 0 Å². The van der Waals surface area contributed by atoms with Crippen LogP contribution in [0.4, 0.5) is 0 Å². The van der Waals surface area contributed by atoms with Crippen molar-refractivity contribution in [2.24, 2.45) is 23.7 Å². The number of nitrogens with zero attached hydrogens (tertiary/aromatic N) is 1. The molecule has 0 spiro atoms. The highest BCUT2D eigenvalue weighted by molar-refractivity contribution is 5.29. The summed E-state index contributed by atoms with van der Waals surface area (Å²) < 4.78 is 0. The molecule has 0 N–H and O–H groups in total. The number of hydrogen-bond acceptors (Lipinski definition) is 1. The fourth-order valence-electron chi connectivity index (χ4n) is 5.42. The Kier molecular flexibility index (Phi) is 2.65. The van der Waals surface area contributed by atoms with Crippen LogP contribution in [0.5, 0.6) is 0 Å². The predicted molar refractivity (Wildman–Crippen MR) is 75.5 cm³/mol. The summed E-state index contributed by atoms with van der Waals surface area (Å²) in [6.07, 6.45) is 8.01. The van der Waals surface area contributed by atoms with E-state index in [1.54, 1.807) is 5.56 Å². The molecule has 4 fully saturated rings. The average Bonchev–Trinajstić information content (AvgIpc) is 2.40. The highest BCUT2D eigenvalue weighted by Crippen LogP contribution is 2.59. The maximum atomic E-state index is 8.75. The quantitative estimate of drug-likeness (QED) is 0.769. The molecule has 1 aromatic carbocycles. The van der Waals surface area contributed by atoms with Crippen LogP contribution >= 0.6 is 0 Å². The summed E-state index contributed by atoms with van der Waals surface area (Å²) in [5.41, 5.74) is 2.71. The lowest BCUT2D eigenvalue weighted by atomic mass is 9.51. The minimum atomic E-state index is 0.544. The molecule has 4 saturated carbocycles. The molecule has 0 saturated heterocycles. The highest BCUT2D eigenvalue weighted by atomic mass is 14.5. The van der Waals surface area contributed by atoms with Crippen molar-refractivity contribution in [3.8, 4) is 6.07 Å². The standard InChI is InChI=1S/C18H21N/c19-6-5-12-1-3-15(4-2-12)18-16-8-13-7-14(10-16)11-17(18)9-13/h1-4,13-14,16-18H,5,7-11H2. The summed E-state index contributed by atoms with van der Waals surface area (Å²) >= 11 is 0. The summed E-state index contributed by atoms with van der Waals surface area (Å²) in [7, 11) is 0. The number of nitriles is 1. The van der Waals surface area contributed by atoms with E-state index in [0.717, 1.165) is 35.2 Å². The van der Waals surface area contributed by atoms with E-state index >= 15 is 0 Å². The minimum Gasteiger partial charge on any atom is -0.198 e. The molecule has 5 rings (SSSR count). The summed E-state index contributed by atoms with van der Waals surface area (Å²) in [6.45, 7) is 0. The molecule has 0 atom stereocenters. The monoisotopic (exact) mass is 251 g/mol. The third kappa shape index (κ3) is 1.89. The van der Waals surface area contributed by atoms with Crippen LogP contribution in [0.1, 0.15) is 49.1 Å². The summed E-state index contributed by atoms with van der Waals surface area (Å²) in [5, 5.41) is 8.75. The van der Waals surface area contributed by atoms with Gasteiger partial charge in [-0.05, 0) is 72.8 Å². The number of hydrogen-bond donors (Lipinski definition) is 0. The first-order valence-corrected chi connectivity index (χ1v) is 7.79. The van der Waals surface area contributed by atoms with Gasteiger partial charge in [0.25, 0.3) is 0 Å². The fraction of sp³-hybridized carbons (Fsp3) is 0.611. The molecular weight excluding hydrogens is 230 g/mol. The van der Waals surface area contributed by atoms with Gasteiger partial charge in [0.1, 0.15) is 0 Å². The van der Waals surface area contributed by atoms with E-state index in [0.29, 0.717) is 6.42 Å². The van der Waals surface area contributed by atoms with Crippen molar-refractivity contribution in [1.29, 1.82) is 5.26 Å². The van der Waals surface area contributed by atoms with E-state index < -0.39 is 0 Å². The van der Waals surface area contributed by atoms with E-state index in [-0.39, 0.29) is 0 Å². The van der Waals surface area contributed by atoms with Crippen LogP contribution in [0.3, 0.4) is 0 Å². The van der Waals surface area contributed by atoms with Gasteiger partial charge in [-0.3, -0.25) is 0 Å². The summed E-state index contributed by atoms with van der Waals surface area (Å²) in [6, 6.07) is 11.2. The molecule has 1 aromatic rings. The molecule has 4 aliphatic rings. The van der Waals surface area contributed by atoms with Crippen LogP contribution in [-0.4, -0.2) is 0 Å². The molecule has 0 unspecified atom stereocenters. The minimum absolute atomic E-state index is 0.544. The molecule has 1 heteroatoms. The van der Waals surface area contributed by atoms with Gasteiger partial charge < -0.3 is 0 Å². The van der Waals surface area contributed by atoms with Crippen LogP contribution in [0.25, 0.3) is 0 Å². The molecular formula is C18H21N. The number of rotatable bonds is 2. The Morgan fingerprint density at radius 3 is 2.00 bits per heavy atom. The first-order chi connectivity index (χ1) is 9.33.